The van der Waals surface area contributed by atoms with E-state index in [-0.39, 0.29) is 5.69 Å². The lowest BCUT2D eigenvalue weighted by atomic mass is 9.94. The molecule has 18 heavy (non-hydrogen) atoms. The van der Waals surface area contributed by atoms with Crippen molar-refractivity contribution in [1.82, 2.24) is 4.98 Å². The fraction of sp³-hybridized carbons (Fsp3) is 0.583. The molecule has 6 heteroatoms. The van der Waals surface area contributed by atoms with Gasteiger partial charge in [-0.05, 0) is 32.8 Å². The fourth-order valence-electron chi connectivity index (χ4n) is 2.11. The summed E-state index contributed by atoms with van der Waals surface area (Å²) in [6.07, 6.45) is 1.19. The van der Waals surface area contributed by atoms with E-state index in [9.17, 15) is 15.2 Å². The van der Waals surface area contributed by atoms with Gasteiger partial charge in [-0.15, -0.1) is 0 Å². The third-order valence-electron chi connectivity index (χ3n) is 3.33. The molecular weight excluding hydrogens is 234 g/mol. The predicted molar refractivity (Wildman–Crippen MR) is 67.7 cm³/mol. The molecular formula is C12H17N3O3. The van der Waals surface area contributed by atoms with Crippen LogP contribution >= 0.6 is 0 Å². The molecule has 1 aromatic rings. The maximum Gasteiger partial charge on any atom is 0.311 e. The van der Waals surface area contributed by atoms with E-state index in [4.69, 9.17) is 0 Å². The molecule has 1 aromatic heterocycles. The van der Waals surface area contributed by atoms with Gasteiger partial charge in [-0.2, -0.15) is 0 Å². The highest BCUT2D eigenvalue weighted by molar-refractivity contribution is 5.58. The van der Waals surface area contributed by atoms with E-state index >= 15 is 0 Å². The van der Waals surface area contributed by atoms with Crippen molar-refractivity contribution in [3.8, 4) is 0 Å². The van der Waals surface area contributed by atoms with E-state index in [0.717, 1.165) is 5.69 Å². The second kappa shape index (κ2) is 4.53. The maximum absolute atomic E-state index is 11.0. The minimum Gasteiger partial charge on any atom is -0.390 e. The summed E-state index contributed by atoms with van der Waals surface area (Å²) >= 11 is 0. The molecule has 98 valence electrons. The largest absolute Gasteiger partial charge is 0.390 e. The maximum atomic E-state index is 11.0. The van der Waals surface area contributed by atoms with Crippen molar-refractivity contribution in [3.05, 3.63) is 27.9 Å². The number of hydrogen-bond acceptors (Lipinski definition) is 5. The molecule has 2 rings (SSSR count). The van der Waals surface area contributed by atoms with E-state index in [0.29, 0.717) is 31.7 Å². The summed E-state index contributed by atoms with van der Waals surface area (Å²) in [6, 6.07) is 3.13. The third kappa shape index (κ3) is 2.59. The first kappa shape index (κ1) is 12.8. The zero-order valence-corrected chi connectivity index (χ0v) is 10.6. The minimum atomic E-state index is -0.672. The molecule has 0 amide bonds. The number of nitrogens with zero attached hydrogens (tertiary/aromatic N) is 3. The highest BCUT2D eigenvalue weighted by atomic mass is 16.6. The average Bonchev–Trinajstić information content (AvgIpc) is 2.28. The summed E-state index contributed by atoms with van der Waals surface area (Å²) in [4.78, 5) is 16.7. The summed E-state index contributed by atoms with van der Waals surface area (Å²) in [5, 5.41) is 20.9. The zero-order valence-electron chi connectivity index (χ0n) is 10.6. The van der Waals surface area contributed by atoms with Crippen LogP contribution in [0.1, 0.15) is 25.5 Å². The molecule has 0 saturated carbocycles. The van der Waals surface area contributed by atoms with E-state index in [1.54, 1.807) is 13.0 Å². The molecule has 2 heterocycles. The number of aryl methyl sites for hydroxylation is 1. The molecule has 0 atom stereocenters. The number of piperidine rings is 1. The second-order valence-electron chi connectivity index (χ2n) is 5.04. The zero-order chi connectivity index (χ0) is 13.3. The van der Waals surface area contributed by atoms with Crippen molar-refractivity contribution in [2.24, 2.45) is 0 Å². The number of hydrogen-bond donors (Lipinski definition) is 1. The Kier molecular flexibility index (Phi) is 3.21. The monoisotopic (exact) mass is 251 g/mol. The Labute approximate surface area is 105 Å². The third-order valence-corrected chi connectivity index (χ3v) is 3.33. The van der Waals surface area contributed by atoms with Gasteiger partial charge in [0.25, 0.3) is 0 Å². The number of nitro groups is 1. The Balaban J connectivity index is 2.28. The van der Waals surface area contributed by atoms with E-state index in [2.05, 4.69) is 4.98 Å². The highest BCUT2D eigenvalue weighted by Gasteiger charge is 2.31. The van der Waals surface area contributed by atoms with Crippen LogP contribution in [0.2, 0.25) is 0 Å². The number of aromatic nitrogens is 1. The van der Waals surface area contributed by atoms with Gasteiger partial charge >= 0.3 is 5.69 Å². The molecule has 0 bridgehead atoms. The quantitative estimate of drug-likeness (QED) is 0.638. The van der Waals surface area contributed by atoms with Crippen LogP contribution in [-0.2, 0) is 0 Å². The van der Waals surface area contributed by atoms with Crippen molar-refractivity contribution in [2.45, 2.75) is 32.3 Å². The van der Waals surface area contributed by atoms with Crippen LogP contribution < -0.4 is 4.90 Å². The Bertz CT molecular complexity index is 464. The van der Waals surface area contributed by atoms with Gasteiger partial charge in [-0.1, -0.05) is 0 Å². The van der Waals surface area contributed by atoms with Gasteiger partial charge in [0.05, 0.1) is 10.5 Å². The average molecular weight is 251 g/mol. The molecule has 1 N–H and O–H groups in total. The first-order valence-electron chi connectivity index (χ1n) is 5.98. The number of rotatable bonds is 2. The molecule has 0 radical (unpaired) electrons. The molecule has 0 spiro atoms. The van der Waals surface area contributed by atoms with E-state index in [1.165, 1.54) is 6.07 Å². The smallest absolute Gasteiger partial charge is 0.311 e. The molecule has 0 unspecified atom stereocenters. The second-order valence-corrected chi connectivity index (χ2v) is 5.04. The van der Waals surface area contributed by atoms with Crippen molar-refractivity contribution < 1.29 is 10.0 Å². The first-order chi connectivity index (χ1) is 8.39. The van der Waals surface area contributed by atoms with Crippen LogP contribution in [0.3, 0.4) is 0 Å². The Morgan fingerprint density at radius 2 is 2.06 bits per heavy atom. The lowest BCUT2D eigenvalue weighted by Gasteiger charge is -2.36. The minimum absolute atomic E-state index is 0.0298. The molecule has 0 aliphatic carbocycles. The van der Waals surface area contributed by atoms with Gasteiger partial charge in [0, 0.05) is 24.8 Å². The fourth-order valence-corrected chi connectivity index (χ4v) is 2.11. The van der Waals surface area contributed by atoms with Crippen LogP contribution in [-0.4, -0.2) is 33.7 Å². The van der Waals surface area contributed by atoms with Crippen molar-refractivity contribution >= 4 is 11.5 Å². The standard InChI is InChI=1S/C12H17N3O3/c1-9-3-4-10(15(17)18)11(13-9)14-7-5-12(2,16)6-8-14/h3-4,16H,5-8H2,1-2H3. The summed E-state index contributed by atoms with van der Waals surface area (Å²) < 4.78 is 0. The van der Waals surface area contributed by atoms with Crippen LogP contribution in [0.25, 0.3) is 0 Å². The van der Waals surface area contributed by atoms with Gasteiger partial charge < -0.3 is 10.0 Å². The summed E-state index contributed by atoms with van der Waals surface area (Å²) in [5.41, 5.74) is 0.116. The molecule has 1 saturated heterocycles. The predicted octanol–water partition coefficient (Wildman–Crippen LogP) is 1.65. The van der Waals surface area contributed by atoms with Crippen LogP contribution in [0.15, 0.2) is 12.1 Å². The number of anilines is 1. The molecule has 1 fully saturated rings. The van der Waals surface area contributed by atoms with Crippen LogP contribution in [0, 0.1) is 17.0 Å². The van der Waals surface area contributed by atoms with Gasteiger partial charge in [0.1, 0.15) is 0 Å². The highest BCUT2D eigenvalue weighted by Crippen LogP contribution is 2.30. The summed E-state index contributed by atoms with van der Waals surface area (Å²) in [5.74, 6) is 0.413. The topological polar surface area (TPSA) is 79.5 Å². The molecule has 0 aromatic carbocycles. The van der Waals surface area contributed by atoms with Gasteiger partial charge in [-0.3, -0.25) is 10.1 Å². The van der Waals surface area contributed by atoms with E-state index in [1.807, 2.05) is 11.8 Å². The first-order valence-corrected chi connectivity index (χ1v) is 5.98. The molecule has 1 aliphatic rings. The Hall–Kier alpha value is -1.69. The van der Waals surface area contributed by atoms with Crippen molar-refractivity contribution in [3.63, 3.8) is 0 Å². The Morgan fingerprint density at radius 1 is 1.44 bits per heavy atom. The Morgan fingerprint density at radius 3 is 2.61 bits per heavy atom. The SMILES string of the molecule is Cc1ccc([N+](=O)[O-])c(N2CCC(C)(O)CC2)n1. The summed E-state index contributed by atoms with van der Waals surface area (Å²) in [7, 11) is 0. The lowest BCUT2D eigenvalue weighted by molar-refractivity contribution is -0.384. The van der Waals surface area contributed by atoms with Crippen molar-refractivity contribution in [2.75, 3.05) is 18.0 Å². The van der Waals surface area contributed by atoms with Gasteiger partial charge in [-0.25, -0.2) is 4.98 Å². The normalized spacial score (nSPS) is 18.7. The lowest BCUT2D eigenvalue weighted by Crippen LogP contribution is -2.43. The van der Waals surface area contributed by atoms with E-state index < -0.39 is 10.5 Å². The number of aliphatic hydroxyl groups is 1. The molecule has 6 nitrogen and oxygen atoms in total. The summed E-state index contributed by atoms with van der Waals surface area (Å²) in [6.45, 7) is 4.78. The van der Waals surface area contributed by atoms with Gasteiger partial charge in [0.15, 0.2) is 0 Å². The molecule has 1 aliphatic heterocycles. The van der Waals surface area contributed by atoms with Gasteiger partial charge in [0.2, 0.25) is 5.82 Å². The number of pyridine rings is 1. The van der Waals surface area contributed by atoms with Crippen LogP contribution in [0.5, 0.6) is 0 Å². The van der Waals surface area contributed by atoms with Crippen molar-refractivity contribution in [1.29, 1.82) is 0 Å². The van der Waals surface area contributed by atoms with Crippen LogP contribution in [0.4, 0.5) is 11.5 Å².